The van der Waals surface area contributed by atoms with Gasteiger partial charge in [-0.15, -0.1) is 0 Å². The van der Waals surface area contributed by atoms with Crippen molar-refractivity contribution in [3.63, 3.8) is 0 Å². The van der Waals surface area contributed by atoms with Crippen LogP contribution < -0.4 is 5.32 Å². The molecular formula is C18H21BrN4OS. The largest absolute Gasteiger partial charge is 0.348 e. The first kappa shape index (κ1) is 17.0. The minimum atomic E-state index is -0.418. The summed E-state index contributed by atoms with van der Waals surface area (Å²) in [6.07, 6.45) is 6.25. The van der Waals surface area contributed by atoms with E-state index in [9.17, 15) is 4.79 Å². The molecule has 0 atom stereocenters. The fourth-order valence-corrected chi connectivity index (χ4v) is 4.46. The Bertz CT molecular complexity index is 832. The lowest BCUT2D eigenvalue weighted by Gasteiger charge is -2.28. The van der Waals surface area contributed by atoms with Crippen LogP contribution in [0.2, 0.25) is 0 Å². The fourth-order valence-electron chi connectivity index (χ4n) is 3.89. The van der Waals surface area contributed by atoms with Gasteiger partial charge in [-0.2, -0.15) is 5.10 Å². The maximum Gasteiger partial charge on any atom is 0.231 e. The lowest BCUT2D eigenvalue weighted by Crippen LogP contribution is -2.42. The summed E-state index contributed by atoms with van der Waals surface area (Å²) >= 11 is 8.79. The molecule has 2 aromatic rings. The fraction of sp³-hybridized carbons (Fsp3) is 0.500. The summed E-state index contributed by atoms with van der Waals surface area (Å²) in [5.74, 6) is 0.924. The Morgan fingerprint density at radius 1 is 1.32 bits per heavy atom. The van der Waals surface area contributed by atoms with Gasteiger partial charge in [-0.25, -0.2) is 0 Å². The Kier molecular flexibility index (Phi) is 4.54. The number of H-pyrrole nitrogens is 1. The van der Waals surface area contributed by atoms with E-state index in [1.54, 1.807) is 0 Å². The standard InChI is InChI=1S/C18H21BrN4OS/c19-13-5-3-12(4-6-13)18(9-1-2-10-18)16(24)20-11-15-21-22-17(25)23(15)14-7-8-14/h3-6,14H,1-2,7-11H2,(H,20,24)(H,22,25). The first-order valence-electron chi connectivity index (χ1n) is 8.80. The van der Waals surface area contributed by atoms with Crippen LogP contribution in [0.5, 0.6) is 0 Å². The number of halogens is 1. The highest BCUT2D eigenvalue weighted by molar-refractivity contribution is 9.10. The van der Waals surface area contributed by atoms with Gasteiger partial charge < -0.3 is 5.32 Å². The zero-order chi connectivity index (χ0) is 17.4. The number of amides is 1. The monoisotopic (exact) mass is 420 g/mol. The van der Waals surface area contributed by atoms with E-state index in [0.29, 0.717) is 17.4 Å². The average Bonchev–Trinajstić information content (AvgIpc) is 3.19. The maximum absolute atomic E-state index is 13.1. The van der Waals surface area contributed by atoms with Gasteiger partial charge in [0.05, 0.1) is 12.0 Å². The molecule has 2 aliphatic rings. The highest BCUT2D eigenvalue weighted by atomic mass is 79.9. The van der Waals surface area contributed by atoms with Crippen LogP contribution in [0.25, 0.3) is 0 Å². The summed E-state index contributed by atoms with van der Waals surface area (Å²) in [5, 5.41) is 10.3. The Morgan fingerprint density at radius 2 is 2.00 bits per heavy atom. The summed E-state index contributed by atoms with van der Waals surface area (Å²) in [6.45, 7) is 0.417. The summed E-state index contributed by atoms with van der Waals surface area (Å²) in [7, 11) is 0. The predicted molar refractivity (Wildman–Crippen MR) is 102 cm³/mol. The number of carbonyl (C=O) groups is 1. The van der Waals surface area contributed by atoms with Crippen molar-refractivity contribution < 1.29 is 4.79 Å². The molecule has 1 aromatic carbocycles. The zero-order valence-corrected chi connectivity index (χ0v) is 16.3. The Labute approximate surface area is 160 Å². The zero-order valence-electron chi connectivity index (χ0n) is 13.9. The number of aromatic nitrogens is 3. The highest BCUT2D eigenvalue weighted by Gasteiger charge is 2.42. The molecule has 132 valence electrons. The van der Waals surface area contributed by atoms with Gasteiger partial charge >= 0.3 is 0 Å². The number of nitrogens with zero attached hydrogens (tertiary/aromatic N) is 2. The Morgan fingerprint density at radius 3 is 2.64 bits per heavy atom. The van der Waals surface area contributed by atoms with Crippen LogP contribution >= 0.6 is 28.1 Å². The van der Waals surface area contributed by atoms with E-state index in [-0.39, 0.29) is 5.91 Å². The first-order valence-corrected chi connectivity index (χ1v) is 10.0. The smallest absolute Gasteiger partial charge is 0.231 e. The third kappa shape index (κ3) is 3.19. The van der Waals surface area contributed by atoms with Gasteiger partial charge in [0, 0.05) is 10.5 Å². The lowest BCUT2D eigenvalue weighted by molar-refractivity contribution is -0.126. The van der Waals surface area contributed by atoms with E-state index >= 15 is 0 Å². The molecule has 0 bridgehead atoms. The number of hydrogen-bond donors (Lipinski definition) is 2. The summed E-state index contributed by atoms with van der Waals surface area (Å²) < 4.78 is 3.73. The quantitative estimate of drug-likeness (QED) is 0.713. The van der Waals surface area contributed by atoms with Crippen LogP contribution in [0.3, 0.4) is 0 Å². The molecule has 0 radical (unpaired) electrons. The van der Waals surface area contributed by atoms with E-state index < -0.39 is 5.41 Å². The molecule has 7 heteroatoms. The van der Waals surface area contributed by atoms with Crippen LogP contribution in [-0.2, 0) is 16.8 Å². The summed E-state index contributed by atoms with van der Waals surface area (Å²) in [4.78, 5) is 13.1. The van der Waals surface area contributed by atoms with Crippen molar-refractivity contribution in [1.82, 2.24) is 20.1 Å². The van der Waals surface area contributed by atoms with Crippen molar-refractivity contribution in [3.8, 4) is 0 Å². The van der Waals surface area contributed by atoms with Gasteiger partial charge in [0.1, 0.15) is 0 Å². The van der Waals surface area contributed by atoms with E-state index in [4.69, 9.17) is 12.2 Å². The van der Waals surface area contributed by atoms with Crippen LogP contribution in [0.4, 0.5) is 0 Å². The Hall–Kier alpha value is -1.47. The van der Waals surface area contributed by atoms with Crippen LogP contribution in [0.15, 0.2) is 28.7 Å². The molecule has 0 saturated heterocycles. The molecule has 25 heavy (non-hydrogen) atoms. The van der Waals surface area contributed by atoms with Gasteiger partial charge in [-0.1, -0.05) is 40.9 Å². The number of rotatable bonds is 5. The minimum Gasteiger partial charge on any atom is -0.348 e. The van der Waals surface area contributed by atoms with Gasteiger partial charge in [0.2, 0.25) is 5.91 Å². The van der Waals surface area contributed by atoms with Gasteiger partial charge in [-0.3, -0.25) is 14.5 Å². The van der Waals surface area contributed by atoms with Crippen LogP contribution in [0.1, 0.15) is 56.0 Å². The Balaban J connectivity index is 1.54. The summed E-state index contributed by atoms with van der Waals surface area (Å²) in [6, 6.07) is 8.61. The van der Waals surface area contributed by atoms with Crippen molar-refractivity contribution in [2.75, 3.05) is 0 Å². The summed E-state index contributed by atoms with van der Waals surface area (Å²) in [5.41, 5.74) is 0.685. The molecule has 1 aromatic heterocycles. The number of benzene rings is 1. The van der Waals surface area contributed by atoms with Crippen molar-refractivity contribution in [3.05, 3.63) is 44.9 Å². The predicted octanol–water partition coefficient (Wildman–Crippen LogP) is 4.17. The van der Waals surface area contributed by atoms with Crippen LogP contribution in [-0.4, -0.2) is 20.7 Å². The minimum absolute atomic E-state index is 0.101. The van der Waals surface area contributed by atoms with Gasteiger partial charge in [0.15, 0.2) is 10.6 Å². The molecule has 0 aliphatic heterocycles. The van der Waals surface area contributed by atoms with Gasteiger partial charge in [0.25, 0.3) is 0 Å². The molecule has 2 fully saturated rings. The lowest BCUT2D eigenvalue weighted by atomic mass is 9.78. The van der Waals surface area contributed by atoms with Crippen molar-refractivity contribution >= 4 is 34.1 Å². The normalized spacial score (nSPS) is 19.1. The second kappa shape index (κ2) is 6.68. The number of carbonyl (C=O) groups excluding carboxylic acids is 1. The third-order valence-electron chi connectivity index (χ3n) is 5.39. The molecule has 1 amide bonds. The number of hydrogen-bond acceptors (Lipinski definition) is 3. The van der Waals surface area contributed by atoms with Gasteiger partial charge in [-0.05, 0) is 55.6 Å². The second-order valence-corrected chi connectivity index (χ2v) is 8.33. The van der Waals surface area contributed by atoms with Crippen molar-refractivity contribution in [1.29, 1.82) is 0 Å². The molecule has 4 rings (SSSR count). The molecule has 0 unspecified atom stereocenters. The molecular weight excluding hydrogens is 400 g/mol. The first-order chi connectivity index (χ1) is 12.1. The topological polar surface area (TPSA) is 62.7 Å². The molecule has 5 nitrogen and oxygen atoms in total. The van der Waals surface area contributed by atoms with E-state index in [1.807, 2.05) is 12.1 Å². The third-order valence-corrected chi connectivity index (χ3v) is 6.20. The second-order valence-electron chi connectivity index (χ2n) is 7.02. The highest BCUT2D eigenvalue weighted by Crippen LogP contribution is 2.42. The number of nitrogens with one attached hydrogen (secondary N) is 2. The molecule has 2 saturated carbocycles. The average molecular weight is 421 g/mol. The van der Waals surface area contributed by atoms with E-state index in [1.165, 1.54) is 0 Å². The molecule has 1 heterocycles. The van der Waals surface area contributed by atoms with Crippen molar-refractivity contribution in [2.45, 2.75) is 56.5 Å². The SMILES string of the molecule is O=C(NCc1n[nH]c(=S)n1C1CC1)C1(c2ccc(Br)cc2)CCCC1. The van der Waals surface area contributed by atoms with E-state index in [0.717, 1.165) is 54.4 Å². The maximum atomic E-state index is 13.1. The van der Waals surface area contributed by atoms with Crippen LogP contribution in [0, 0.1) is 4.77 Å². The number of aromatic amines is 1. The molecule has 2 N–H and O–H groups in total. The molecule has 0 spiro atoms. The van der Waals surface area contributed by atoms with Crippen molar-refractivity contribution in [2.24, 2.45) is 0 Å². The van der Waals surface area contributed by atoms with E-state index in [2.05, 4.69) is 48.1 Å². The molecule has 2 aliphatic carbocycles.